The maximum absolute atomic E-state index is 12.1. The van der Waals surface area contributed by atoms with E-state index >= 15 is 0 Å². The van der Waals surface area contributed by atoms with E-state index < -0.39 is 6.03 Å². The number of nitrogens with one attached hydrogen (secondary N) is 2. The average Bonchev–Trinajstić information content (AvgIpc) is 2.85. The minimum absolute atomic E-state index is 0.109. The van der Waals surface area contributed by atoms with Crippen molar-refractivity contribution < 1.29 is 14.4 Å². The summed E-state index contributed by atoms with van der Waals surface area (Å²) < 4.78 is 0. The molecule has 1 aromatic rings. The zero-order valence-corrected chi connectivity index (χ0v) is 13.4. The predicted molar refractivity (Wildman–Crippen MR) is 87.4 cm³/mol. The molecule has 2 rings (SSSR count). The van der Waals surface area contributed by atoms with Crippen LogP contribution in [0.4, 0.5) is 4.79 Å². The van der Waals surface area contributed by atoms with Crippen LogP contribution in [0.3, 0.4) is 0 Å². The molecule has 1 fully saturated rings. The third kappa shape index (κ3) is 6.69. The summed E-state index contributed by atoms with van der Waals surface area (Å²) in [7, 11) is 0. The van der Waals surface area contributed by atoms with Crippen molar-refractivity contribution in [2.75, 3.05) is 19.6 Å². The number of benzene rings is 1. The molecule has 0 spiro atoms. The summed E-state index contributed by atoms with van der Waals surface area (Å²) in [5.74, 6) is 0.109. The molecule has 0 bridgehead atoms. The monoisotopic (exact) mass is 319 g/mol. The molecule has 0 unspecified atom stereocenters. The lowest BCUT2D eigenvalue weighted by molar-refractivity contribution is -0.131. The summed E-state index contributed by atoms with van der Waals surface area (Å²) in [6, 6.07) is 9.15. The molecule has 1 aromatic carbocycles. The summed E-state index contributed by atoms with van der Waals surface area (Å²) in [6.07, 6.45) is 4.87. The second-order valence-electron chi connectivity index (χ2n) is 5.68. The van der Waals surface area contributed by atoms with Crippen molar-refractivity contribution in [1.29, 1.82) is 0 Å². The Morgan fingerprint density at radius 3 is 2.43 bits per heavy atom. The van der Waals surface area contributed by atoms with E-state index in [0.717, 1.165) is 31.5 Å². The molecule has 1 heterocycles. The van der Waals surface area contributed by atoms with Crippen LogP contribution in [-0.2, 0) is 16.2 Å². The summed E-state index contributed by atoms with van der Waals surface area (Å²) in [6.45, 7) is 2.30. The van der Waals surface area contributed by atoms with E-state index in [-0.39, 0.29) is 5.91 Å². The minimum atomic E-state index is -0.426. The van der Waals surface area contributed by atoms with Crippen molar-refractivity contribution >= 4 is 11.9 Å². The van der Waals surface area contributed by atoms with Crippen LogP contribution in [0, 0.1) is 0 Å². The molecule has 1 saturated heterocycles. The zero-order valence-electron chi connectivity index (χ0n) is 13.4. The van der Waals surface area contributed by atoms with Crippen LogP contribution in [0.25, 0.3) is 0 Å². The third-order valence-electron chi connectivity index (χ3n) is 3.83. The molecular formula is C17H25N3O3. The molecule has 3 amide bonds. The number of carbonyl (C=O) groups excluding carboxylic acids is 2. The van der Waals surface area contributed by atoms with Gasteiger partial charge in [-0.2, -0.15) is 0 Å². The van der Waals surface area contributed by atoms with E-state index in [4.69, 9.17) is 4.84 Å². The molecule has 2 N–H and O–H groups in total. The van der Waals surface area contributed by atoms with Gasteiger partial charge in [-0.15, -0.1) is 0 Å². The van der Waals surface area contributed by atoms with E-state index in [2.05, 4.69) is 10.8 Å². The fraction of sp³-hybridized carbons (Fsp3) is 0.529. The van der Waals surface area contributed by atoms with Gasteiger partial charge in [-0.25, -0.2) is 10.3 Å². The van der Waals surface area contributed by atoms with Crippen molar-refractivity contribution in [1.82, 2.24) is 15.7 Å². The lowest BCUT2D eigenvalue weighted by Gasteiger charge is -2.20. The van der Waals surface area contributed by atoms with Crippen LogP contribution in [0.15, 0.2) is 30.3 Å². The molecule has 0 saturated carbocycles. The Kier molecular flexibility index (Phi) is 7.39. The Balaban J connectivity index is 1.56. The molecule has 126 valence electrons. The molecule has 0 atom stereocenters. The standard InChI is InChI=1S/C17H25N3O3/c21-16(20-12-6-1-2-7-13-20)10-11-18-17(22)19-23-14-15-8-4-3-5-9-15/h3-5,8-9H,1-2,6-7,10-14H2,(H2,18,19,22). The first-order valence-electron chi connectivity index (χ1n) is 8.23. The van der Waals surface area contributed by atoms with Gasteiger partial charge in [0, 0.05) is 26.1 Å². The van der Waals surface area contributed by atoms with Gasteiger partial charge in [0.2, 0.25) is 5.91 Å². The quantitative estimate of drug-likeness (QED) is 0.790. The fourth-order valence-corrected chi connectivity index (χ4v) is 2.56. The van der Waals surface area contributed by atoms with Gasteiger partial charge in [-0.3, -0.25) is 9.63 Å². The van der Waals surface area contributed by atoms with E-state index in [1.54, 1.807) is 0 Å². The van der Waals surface area contributed by atoms with Gasteiger partial charge >= 0.3 is 6.03 Å². The highest BCUT2D eigenvalue weighted by Crippen LogP contribution is 2.10. The molecule has 23 heavy (non-hydrogen) atoms. The number of urea groups is 1. The number of nitrogens with zero attached hydrogens (tertiary/aromatic N) is 1. The number of amides is 3. The average molecular weight is 319 g/mol. The fourth-order valence-electron chi connectivity index (χ4n) is 2.56. The van der Waals surface area contributed by atoms with Crippen molar-refractivity contribution in [3.63, 3.8) is 0 Å². The van der Waals surface area contributed by atoms with Gasteiger partial charge < -0.3 is 10.2 Å². The molecule has 6 nitrogen and oxygen atoms in total. The smallest absolute Gasteiger partial charge is 0.338 e. The zero-order chi connectivity index (χ0) is 16.3. The van der Waals surface area contributed by atoms with E-state index in [9.17, 15) is 9.59 Å². The van der Waals surface area contributed by atoms with Crippen LogP contribution in [0.2, 0.25) is 0 Å². The molecule has 6 heteroatoms. The van der Waals surface area contributed by atoms with Crippen molar-refractivity contribution in [3.8, 4) is 0 Å². The Labute approximate surface area is 137 Å². The second kappa shape index (κ2) is 9.84. The third-order valence-corrected chi connectivity index (χ3v) is 3.83. The number of hydroxylamine groups is 1. The number of likely N-dealkylation sites (tertiary alicyclic amines) is 1. The lowest BCUT2D eigenvalue weighted by Crippen LogP contribution is -2.39. The Hall–Kier alpha value is -2.08. The lowest BCUT2D eigenvalue weighted by atomic mass is 10.2. The van der Waals surface area contributed by atoms with Crippen LogP contribution >= 0.6 is 0 Å². The summed E-state index contributed by atoms with van der Waals surface area (Å²) in [5, 5.41) is 2.63. The van der Waals surface area contributed by atoms with E-state index in [1.807, 2.05) is 35.2 Å². The van der Waals surface area contributed by atoms with Crippen LogP contribution in [0.5, 0.6) is 0 Å². The Morgan fingerprint density at radius 1 is 1.04 bits per heavy atom. The van der Waals surface area contributed by atoms with Crippen LogP contribution in [-0.4, -0.2) is 36.5 Å². The second-order valence-corrected chi connectivity index (χ2v) is 5.68. The van der Waals surface area contributed by atoms with Gasteiger partial charge in [0.1, 0.15) is 0 Å². The van der Waals surface area contributed by atoms with E-state index in [1.165, 1.54) is 12.8 Å². The first kappa shape index (κ1) is 17.3. The number of carbonyl (C=O) groups is 2. The highest BCUT2D eigenvalue weighted by molar-refractivity contribution is 5.78. The van der Waals surface area contributed by atoms with Crippen LogP contribution in [0.1, 0.15) is 37.7 Å². The topological polar surface area (TPSA) is 70.7 Å². The van der Waals surface area contributed by atoms with Gasteiger partial charge in [0.15, 0.2) is 0 Å². The molecular weight excluding hydrogens is 294 g/mol. The highest BCUT2D eigenvalue weighted by atomic mass is 16.7. The summed E-state index contributed by atoms with van der Waals surface area (Å²) in [4.78, 5) is 30.6. The Bertz CT molecular complexity index is 485. The molecule has 0 aromatic heterocycles. The van der Waals surface area contributed by atoms with Gasteiger partial charge in [-0.1, -0.05) is 43.2 Å². The maximum atomic E-state index is 12.1. The first-order chi connectivity index (χ1) is 11.3. The maximum Gasteiger partial charge on any atom is 0.338 e. The number of rotatable bonds is 6. The molecule has 0 aliphatic carbocycles. The predicted octanol–water partition coefficient (Wildman–Crippen LogP) is 2.21. The molecule has 1 aliphatic heterocycles. The number of hydrogen-bond donors (Lipinski definition) is 2. The van der Waals surface area contributed by atoms with Gasteiger partial charge in [0.05, 0.1) is 6.61 Å². The molecule has 0 radical (unpaired) electrons. The molecule has 1 aliphatic rings. The van der Waals surface area contributed by atoms with Gasteiger partial charge in [0.25, 0.3) is 0 Å². The first-order valence-corrected chi connectivity index (χ1v) is 8.23. The normalized spacial score (nSPS) is 14.9. The minimum Gasteiger partial charge on any atom is -0.343 e. The Morgan fingerprint density at radius 2 is 1.74 bits per heavy atom. The van der Waals surface area contributed by atoms with Crippen LogP contribution < -0.4 is 10.8 Å². The van der Waals surface area contributed by atoms with Crippen molar-refractivity contribution in [3.05, 3.63) is 35.9 Å². The van der Waals surface area contributed by atoms with Crippen molar-refractivity contribution in [2.24, 2.45) is 0 Å². The van der Waals surface area contributed by atoms with Crippen molar-refractivity contribution in [2.45, 2.75) is 38.7 Å². The van der Waals surface area contributed by atoms with Gasteiger partial charge in [-0.05, 0) is 18.4 Å². The highest BCUT2D eigenvalue weighted by Gasteiger charge is 2.15. The number of hydrogen-bond acceptors (Lipinski definition) is 3. The SMILES string of the molecule is O=C(NCCC(=O)N1CCCCCC1)NOCc1ccccc1. The largest absolute Gasteiger partial charge is 0.343 e. The summed E-state index contributed by atoms with van der Waals surface area (Å²) in [5.41, 5.74) is 3.30. The summed E-state index contributed by atoms with van der Waals surface area (Å²) >= 11 is 0. The van der Waals surface area contributed by atoms with E-state index in [0.29, 0.717) is 19.6 Å².